The van der Waals surface area contributed by atoms with Gasteiger partial charge in [0.2, 0.25) is 0 Å². The smallest absolute Gasteiger partial charge is 0.327 e. The van der Waals surface area contributed by atoms with E-state index in [1.165, 1.54) is 18.2 Å². The second-order valence-corrected chi connectivity index (χ2v) is 4.47. The van der Waals surface area contributed by atoms with Crippen LogP contribution < -0.4 is 5.32 Å². The molecule has 1 atom stereocenters. The minimum absolute atomic E-state index is 0.0566. The molecule has 0 saturated heterocycles. The second-order valence-electron chi connectivity index (χ2n) is 4.47. The minimum atomic E-state index is -1.24. The number of benzene rings is 1. The summed E-state index contributed by atoms with van der Waals surface area (Å²) >= 11 is 0. The number of carboxylic acid groups (broad SMARTS) is 1. The van der Waals surface area contributed by atoms with Gasteiger partial charge in [0.15, 0.2) is 5.76 Å². The molecule has 6 heteroatoms. The predicted octanol–water partition coefficient (Wildman–Crippen LogP) is 2.09. The summed E-state index contributed by atoms with van der Waals surface area (Å²) in [5.74, 6) is -0.265. The van der Waals surface area contributed by atoms with Crippen LogP contribution in [0.4, 0.5) is 4.39 Å². The number of carboxylic acids is 1. The van der Waals surface area contributed by atoms with Crippen molar-refractivity contribution in [1.29, 1.82) is 0 Å². The Bertz CT molecular complexity index is 757. The van der Waals surface area contributed by atoms with Crippen molar-refractivity contribution in [3.63, 3.8) is 0 Å². The lowest BCUT2D eigenvalue weighted by Gasteiger charge is -2.10. The van der Waals surface area contributed by atoms with Crippen LogP contribution in [0.15, 0.2) is 22.6 Å². The first kappa shape index (κ1) is 14.6. The maximum Gasteiger partial charge on any atom is 0.327 e. The van der Waals surface area contributed by atoms with Crippen LogP contribution in [0.3, 0.4) is 0 Å². The molecule has 0 saturated carbocycles. The van der Waals surface area contributed by atoms with E-state index in [1.54, 1.807) is 6.92 Å². The molecule has 5 nitrogen and oxygen atoms in total. The standard InChI is InChI=1S/C15H12FNO4/c1-3-4-11(15(19)20)17-14(18)13-8(2)10-7-9(16)5-6-12(10)21-13/h1,5-7,11H,4H2,2H3,(H,17,18)(H,19,20). The van der Waals surface area contributed by atoms with Gasteiger partial charge in [-0.05, 0) is 25.1 Å². The molecule has 0 aliphatic carbocycles. The molecule has 1 unspecified atom stereocenters. The highest BCUT2D eigenvalue weighted by Gasteiger charge is 2.24. The molecule has 0 aliphatic rings. The Labute approximate surface area is 119 Å². The fourth-order valence-corrected chi connectivity index (χ4v) is 1.95. The monoisotopic (exact) mass is 289 g/mol. The number of fused-ring (bicyclic) bond motifs is 1. The van der Waals surface area contributed by atoms with Gasteiger partial charge in [0, 0.05) is 17.4 Å². The summed E-state index contributed by atoms with van der Waals surface area (Å²) in [5, 5.41) is 11.7. The van der Waals surface area contributed by atoms with E-state index in [9.17, 15) is 14.0 Å². The van der Waals surface area contributed by atoms with E-state index in [2.05, 4.69) is 11.2 Å². The van der Waals surface area contributed by atoms with Gasteiger partial charge in [0.05, 0.1) is 0 Å². The lowest BCUT2D eigenvalue weighted by Crippen LogP contribution is -2.40. The summed E-state index contributed by atoms with van der Waals surface area (Å²) in [6, 6.07) is 2.67. The van der Waals surface area contributed by atoms with Gasteiger partial charge in [0.1, 0.15) is 17.4 Å². The molecule has 2 aromatic rings. The van der Waals surface area contributed by atoms with Gasteiger partial charge in [-0.3, -0.25) is 4.79 Å². The molecular weight excluding hydrogens is 277 g/mol. The fourth-order valence-electron chi connectivity index (χ4n) is 1.95. The molecule has 21 heavy (non-hydrogen) atoms. The Hall–Kier alpha value is -2.81. The predicted molar refractivity (Wildman–Crippen MR) is 73.2 cm³/mol. The summed E-state index contributed by atoms with van der Waals surface area (Å²) in [6.07, 6.45) is 4.92. The number of hydrogen-bond donors (Lipinski definition) is 2. The van der Waals surface area contributed by atoms with Crippen LogP contribution >= 0.6 is 0 Å². The lowest BCUT2D eigenvalue weighted by molar-refractivity contribution is -0.139. The molecule has 0 fully saturated rings. The topological polar surface area (TPSA) is 79.5 Å². The highest BCUT2D eigenvalue weighted by atomic mass is 19.1. The maximum absolute atomic E-state index is 13.2. The summed E-state index contributed by atoms with van der Waals surface area (Å²) in [7, 11) is 0. The first-order chi connectivity index (χ1) is 9.93. The van der Waals surface area contributed by atoms with E-state index in [0.29, 0.717) is 16.5 Å². The Kier molecular flexibility index (Phi) is 3.94. The molecule has 1 heterocycles. The van der Waals surface area contributed by atoms with Crippen molar-refractivity contribution in [3.8, 4) is 12.3 Å². The van der Waals surface area contributed by atoms with Crippen LogP contribution in [0.1, 0.15) is 22.5 Å². The van der Waals surface area contributed by atoms with Gasteiger partial charge in [-0.1, -0.05) is 0 Å². The van der Waals surface area contributed by atoms with Crippen LogP contribution in [-0.4, -0.2) is 23.0 Å². The first-order valence-corrected chi connectivity index (χ1v) is 6.09. The average Bonchev–Trinajstić information content (AvgIpc) is 2.75. The quantitative estimate of drug-likeness (QED) is 0.845. The summed E-state index contributed by atoms with van der Waals surface area (Å²) in [5.41, 5.74) is 0.787. The Morgan fingerprint density at radius 3 is 2.86 bits per heavy atom. The van der Waals surface area contributed by atoms with Gasteiger partial charge >= 0.3 is 5.97 Å². The van der Waals surface area contributed by atoms with E-state index < -0.39 is 23.7 Å². The summed E-state index contributed by atoms with van der Waals surface area (Å²) < 4.78 is 18.6. The van der Waals surface area contributed by atoms with Crippen molar-refractivity contribution in [1.82, 2.24) is 5.32 Å². The molecule has 0 aliphatic heterocycles. The number of carbonyl (C=O) groups is 2. The van der Waals surface area contributed by atoms with E-state index in [0.717, 1.165) is 0 Å². The van der Waals surface area contributed by atoms with Crippen LogP contribution in [0.5, 0.6) is 0 Å². The Morgan fingerprint density at radius 2 is 2.24 bits per heavy atom. The number of aliphatic carboxylic acids is 1. The van der Waals surface area contributed by atoms with E-state index in [4.69, 9.17) is 15.9 Å². The molecule has 108 valence electrons. The first-order valence-electron chi connectivity index (χ1n) is 6.09. The van der Waals surface area contributed by atoms with Crippen LogP contribution in [0, 0.1) is 25.1 Å². The molecule has 0 spiro atoms. The van der Waals surface area contributed by atoms with E-state index in [-0.39, 0.29) is 12.2 Å². The van der Waals surface area contributed by atoms with Crippen molar-refractivity contribution < 1.29 is 23.5 Å². The second kappa shape index (κ2) is 5.67. The number of furan rings is 1. The normalized spacial score (nSPS) is 11.9. The van der Waals surface area contributed by atoms with Gasteiger partial charge in [0.25, 0.3) is 5.91 Å². The van der Waals surface area contributed by atoms with Crippen molar-refractivity contribution in [2.24, 2.45) is 0 Å². The minimum Gasteiger partial charge on any atom is -0.480 e. The van der Waals surface area contributed by atoms with Crippen molar-refractivity contribution >= 4 is 22.8 Å². The zero-order valence-corrected chi connectivity index (χ0v) is 11.1. The third-order valence-corrected chi connectivity index (χ3v) is 3.03. The van der Waals surface area contributed by atoms with Crippen LogP contribution in [0.2, 0.25) is 0 Å². The zero-order chi connectivity index (χ0) is 15.6. The molecule has 0 bridgehead atoms. The third-order valence-electron chi connectivity index (χ3n) is 3.03. The molecule has 2 N–H and O–H groups in total. The van der Waals surface area contributed by atoms with Gasteiger partial charge in [-0.15, -0.1) is 12.3 Å². The zero-order valence-electron chi connectivity index (χ0n) is 11.1. The van der Waals surface area contributed by atoms with Crippen molar-refractivity contribution in [2.45, 2.75) is 19.4 Å². The highest BCUT2D eigenvalue weighted by Crippen LogP contribution is 2.26. The van der Waals surface area contributed by atoms with Crippen molar-refractivity contribution in [2.75, 3.05) is 0 Å². The van der Waals surface area contributed by atoms with Crippen molar-refractivity contribution in [3.05, 3.63) is 35.3 Å². The Balaban J connectivity index is 2.33. The molecule has 1 amide bonds. The van der Waals surface area contributed by atoms with E-state index in [1.807, 2.05) is 0 Å². The largest absolute Gasteiger partial charge is 0.480 e. The molecular formula is C15H12FNO4. The van der Waals surface area contributed by atoms with Gasteiger partial charge in [-0.2, -0.15) is 0 Å². The highest BCUT2D eigenvalue weighted by molar-refractivity contribution is 6.00. The number of nitrogens with one attached hydrogen (secondary N) is 1. The van der Waals surface area contributed by atoms with Gasteiger partial charge in [-0.25, -0.2) is 9.18 Å². The molecule has 2 rings (SSSR count). The number of halogens is 1. The fraction of sp³-hybridized carbons (Fsp3) is 0.200. The van der Waals surface area contributed by atoms with Crippen LogP contribution in [-0.2, 0) is 4.79 Å². The van der Waals surface area contributed by atoms with Gasteiger partial charge < -0.3 is 14.8 Å². The number of hydrogen-bond acceptors (Lipinski definition) is 3. The molecule has 0 radical (unpaired) electrons. The summed E-state index contributed by atoms with van der Waals surface area (Å²) in [4.78, 5) is 23.0. The molecule has 1 aromatic heterocycles. The van der Waals surface area contributed by atoms with E-state index >= 15 is 0 Å². The SMILES string of the molecule is C#CCC(NC(=O)c1oc2ccc(F)cc2c1C)C(=O)O. The average molecular weight is 289 g/mol. The number of terminal acetylenes is 1. The lowest BCUT2D eigenvalue weighted by atomic mass is 10.1. The number of rotatable bonds is 4. The third kappa shape index (κ3) is 2.87. The number of carbonyl (C=O) groups excluding carboxylic acids is 1. The number of amides is 1. The molecule has 1 aromatic carbocycles. The number of aryl methyl sites for hydroxylation is 1. The summed E-state index contributed by atoms with van der Waals surface area (Å²) in [6.45, 7) is 1.59. The van der Waals surface area contributed by atoms with Crippen LogP contribution in [0.25, 0.3) is 11.0 Å². The Morgan fingerprint density at radius 1 is 1.52 bits per heavy atom. The maximum atomic E-state index is 13.2.